The lowest BCUT2D eigenvalue weighted by molar-refractivity contribution is -0.114. The second kappa shape index (κ2) is 9.92. The van der Waals surface area contributed by atoms with Gasteiger partial charge in [-0.2, -0.15) is 5.10 Å². The summed E-state index contributed by atoms with van der Waals surface area (Å²) in [5, 5.41) is 7.91. The highest BCUT2D eigenvalue weighted by atomic mass is 16.1. The van der Waals surface area contributed by atoms with Crippen molar-refractivity contribution in [2.75, 3.05) is 28.2 Å². The second-order valence-electron chi connectivity index (χ2n) is 9.55. The van der Waals surface area contributed by atoms with Crippen molar-refractivity contribution in [3.8, 4) is 0 Å². The highest BCUT2D eigenvalue weighted by Gasteiger charge is 2.29. The summed E-state index contributed by atoms with van der Waals surface area (Å²) in [7, 11) is 2.07. The molecular weight excluding hydrogens is 422 g/mol. The summed E-state index contributed by atoms with van der Waals surface area (Å²) in [5.74, 6) is 2.27. The Balaban J connectivity index is 1.68. The molecule has 6 heteroatoms. The van der Waals surface area contributed by atoms with E-state index in [-0.39, 0.29) is 5.91 Å². The summed E-state index contributed by atoms with van der Waals surface area (Å²) in [6.07, 6.45) is 3.22. The summed E-state index contributed by atoms with van der Waals surface area (Å²) in [4.78, 5) is 16.2. The van der Waals surface area contributed by atoms with Crippen LogP contribution in [0.3, 0.4) is 0 Å². The van der Waals surface area contributed by atoms with Crippen molar-refractivity contribution in [1.29, 1.82) is 0 Å². The predicted octanol–water partition coefficient (Wildman–Crippen LogP) is 5.80. The molecule has 6 nitrogen and oxygen atoms in total. The average molecular weight is 460 g/mol. The van der Waals surface area contributed by atoms with Gasteiger partial charge in [0.15, 0.2) is 5.82 Å². The predicted molar refractivity (Wildman–Crippen MR) is 141 cm³/mol. The van der Waals surface area contributed by atoms with E-state index in [2.05, 4.69) is 78.8 Å². The Bertz CT molecular complexity index is 1160. The van der Waals surface area contributed by atoms with E-state index in [1.54, 1.807) is 0 Å². The number of aryl methyl sites for hydroxylation is 4. The van der Waals surface area contributed by atoms with Gasteiger partial charge in [-0.15, -0.1) is 0 Å². The van der Waals surface area contributed by atoms with Crippen LogP contribution in [0, 0.1) is 20.8 Å². The van der Waals surface area contributed by atoms with E-state index in [9.17, 15) is 4.79 Å². The van der Waals surface area contributed by atoms with Crippen LogP contribution in [0.1, 0.15) is 54.5 Å². The summed E-state index contributed by atoms with van der Waals surface area (Å²) >= 11 is 0. The molecule has 1 aromatic heterocycles. The van der Waals surface area contributed by atoms with Crippen LogP contribution in [0.2, 0.25) is 0 Å². The Hall–Kier alpha value is -3.28. The number of nitrogens with one attached hydrogen (secondary N) is 1. The Kier molecular flexibility index (Phi) is 6.96. The van der Waals surface area contributed by atoms with Gasteiger partial charge in [-0.1, -0.05) is 36.8 Å². The van der Waals surface area contributed by atoms with Gasteiger partial charge < -0.3 is 15.1 Å². The number of fused-ring (bicyclic) bond motifs is 1. The number of amides is 1. The molecule has 34 heavy (non-hydrogen) atoms. The first-order valence-corrected chi connectivity index (χ1v) is 12.3. The second-order valence-corrected chi connectivity index (χ2v) is 9.55. The summed E-state index contributed by atoms with van der Waals surface area (Å²) in [6.45, 7) is 13.1. The number of anilines is 4. The van der Waals surface area contributed by atoms with E-state index in [0.717, 1.165) is 50.4 Å². The molecule has 1 amide bonds. The summed E-state index contributed by atoms with van der Waals surface area (Å²) in [5.41, 5.74) is 8.61. The molecule has 1 aliphatic heterocycles. The zero-order valence-corrected chi connectivity index (χ0v) is 21.4. The molecule has 0 atom stereocenters. The molecule has 2 aromatic carbocycles. The van der Waals surface area contributed by atoms with E-state index in [4.69, 9.17) is 5.10 Å². The fraction of sp³-hybridized carbons (Fsp3) is 0.429. The minimum Gasteiger partial charge on any atom is -0.352 e. The number of aromatic nitrogens is 2. The van der Waals surface area contributed by atoms with Gasteiger partial charge >= 0.3 is 0 Å². The van der Waals surface area contributed by atoms with Crippen LogP contribution in [0.4, 0.5) is 23.0 Å². The summed E-state index contributed by atoms with van der Waals surface area (Å²) in [6, 6.07) is 12.7. The molecule has 180 valence electrons. The molecule has 0 bridgehead atoms. The lowest BCUT2D eigenvalue weighted by Crippen LogP contribution is -2.29. The van der Waals surface area contributed by atoms with E-state index >= 15 is 0 Å². The third kappa shape index (κ3) is 4.81. The molecule has 0 radical (unpaired) electrons. The molecule has 0 saturated carbocycles. The van der Waals surface area contributed by atoms with Crippen LogP contribution in [-0.2, 0) is 24.8 Å². The third-order valence-corrected chi connectivity index (χ3v) is 6.50. The molecule has 1 aliphatic rings. The lowest BCUT2D eigenvalue weighted by Gasteiger charge is -2.32. The first kappa shape index (κ1) is 23.9. The van der Waals surface area contributed by atoms with Crippen LogP contribution < -0.4 is 15.1 Å². The molecule has 0 saturated heterocycles. The minimum atomic E-state index is -0.0505. The minimum absolute atomic E-state index is 0.0505. The van der Waals surface area contributed by atoms with Crippen molar-refractivity contribution in [3.05, 3.63) is 64.2 Å². The van der Waals surface area contributed by atoms with Gasteiger partial charge in [0, 0.05) is 50.5 Å². The monoisotopic (exact) mass is 459 g/mol. The fourth-order valence-corrected chi connectivity index (χ4v) is 5.36. The van der Waals surface area contributed by atoms with Gasteiger partial charge in [0.25, 0.3) is 0 Å². The van der Waals surface area contributed by atoms with Gasteiger partial charge in [0.1, 0.15) is 5.82 Å². The van der Waals surface area contributed by atoms with Crippen LogP contribution in [0.15, 0.2) is 36.4 Å². The Labute approximate surface area is 203 Å². The van der Waals surface area contributed by atoms with Crippen LogP contribution in [0.25, 0.3) is 0 Å². The SMILES string of the molecule is CCCN(Cc1ccc(NC(C)=O)cc1)c1c2c(nn1C)N(c1c(C)cc(C)cc1C)CCC2. The first-order chi connectivity index (χ1) is 16.3. The van der Waals surface area contributed by atoms with Crippen LogP contribution >= 0.6 is 0 Å². The van der Waals surface area contributed by atoms with Crippen molar-refractivity contribution in [3.63, 3.8) is 0 Å². The number of carbonyl (C=O) groups is 1. The van der Waals surface area contributed by atoms with Crippen molar-refractivity contribution >= 4 is 28.9 Å². The topological polar surface area (TPSA) is 53.4 Å². The molecule has 0 spiro atoms. The number of rotatable bonds is 7. The van der Waals surface area contributed by atoms with E-state index in [1.165, 1.54) is 46.2 Å². The normalized spacial score (nSPS) is 13.1. The number of hydrogen-bond acceptors (Lipinski definition) is 4. The zero-order valence-electron chi connectivity index (χ0n) is 21.4. The molecular formula is C28H37N5O. The van der Waals surface area contributed by atoms with Crippen LogP contribution in [0.5, 0.6) is 0 Å². The van der Waals surface area contributed by atoms with E-state index < -0.39 is 0 Å². The number of hydrogen-bond donors (Lipinski definition) is 1. The average Bonchev–Trinajstić information content (AvgIpc) is 3.10. The highest BCUT2D eigenvalue weighted by molar-refractivity contribution is 5.88. The maximum Gasteiger partial charge on any atom is 0.221 e. The Morgan fingerprint density at radius 2 is 1.79 bits per heavy atom. The van der Waals surface area contributed by atoms with Crippen molar-refractivity contribution in [2.24, 2.45) is 7.05 Å². The van der Waals surface area contributed by atoms with E-state index in [0.29, 0.717) is 0 Å². The van der Waals surface area contributed by atoms with Crippen molar-refractivity contribution < 1.29 is 4.79 Å². The molecule has 0 fully saturated rings. The standard InChI is InChI=1S/C28H37N5O/c1-7-14-32(18-23-10-12-24(13-11-23)29-22(5)34)28-25-9-8-15-33(27(25)30-31(28)6)26-20(3)16-19(2)17-21(26)4/h10-13,16-17H,7-9,14-15,18H2,1-6H3,(H,29,34). The number of nitrogens with zero attached hydrogens (tertiary/aromatic N) is 4. The third-order valence-electron chi connectivity index (χ3n) is 6.50. The van der Waals surface area contributed by atoms with Crippen LogP contribution in [-0.4, -0.2) is 28.8 Å². The van der Waals surface area contributed by atoms with Gasteiger partial charge in [0.2, 0.25) is 5.91 Å². The highest BCUT2D eigenvalue weighted by Crippen LogP contribution is 2.41. The maximum absolute atomic E-state index is 11.3. The fourth-order valence-electron chi connectivity index (χ4n) is 5.36. The smallest absolute Gasteiger partial charge is 0.221 e. The van der Waals surface area contributed by atoms with Crippen molar-refractivity contribution in [1.82, 2.24) is 9.78 Å². The largest absolute Gasteiger partial charge is 0.352 e. The van der Waals surface area contributed by atoms with Gasteiger partial charge in [-0.25, -0.2) is 0 Å². The lowest BCUT2D eigenvalue weighted by atomic mass is 10.00. The number of carbonyl (C=O) groups excluding carboxylic acids is 1. The first-order valence-electron chi connectivity index (χ1n) is 12.3. The molecule has 2 heterocycles. The summed E-state index contributed by atoms with van der Waals surface area (Å²) < 4.78 is 2.07. The number of benzene rings is 2. The van der Waals surface area contributed by atoms with Gasteiger partial charge in [-0.05, 0) is 68.9 Å². The Morgan fingerprint density at radius 1 is 1.12 bits per heavy atom. The van der Waals surface area contributed by atoms with Gasteiger partial charge in [-0.3, -0.25) is 9.48 Å². The van der Waals surface area contributed by atoms with Gasteiger partial charge in [0.05, 0.1) is 0 Å². The van der Waals surface area contributed by atoms with E-state index in [1.807, 2.05) is 12.1 Å². The Morgan fingerprint density at radius 3 is 2.41 bits per heavy atom. The maximum atomic E-state index is 11.3. The zero-order chi connectivity index (χ0) is 24.4. The molecule has 3 aromatic rings. The quantitative estimate of drug-likeness (QED) is 0.485. The molecule has 1 N–H and O–H groups in total. The molecule has 0 unspecified atom stereocenters. The van der Waals surface area contributed by atoms with Crippen molar-refractivity contribution in [2.45, 2.75) is 60.4 Å². The molecule has 0 aliphatic carbocycles. The molecule has 4 rings (SSSR count).